The number of rotatable bonds is 5. The van der Waals surface area contributed by atoms with E-state index in [-0.39, 0.29) is 5.75 Å². The molecule has 0 aliphatic heterocycles. The summed E-state index contributed by atoms with van der Waals surface area (Å²) in [6.07, 6.45) is 0. The predicted octanol–water partition coefficient (Wildman–Crippen LogP) is 2.88. The van der Waals surface area contributed by atoms with E-state index in [0.717, 1.165) is 29.3 Å². The molecule has 0 aromatic heterocycles. The van der Waals surface area contributed by atoms with Crippen LogP contribution in [0.5, 0.6) is 11.5 Å². The van der Waals surface area contributed by atoms with Crippen molar-refractivity contribution in [3.63, 3.8) is 0 Å². The molecule has 0 saturated carbocycles. The van der Waals surface area contributed by atoms with E-state index in [1.807, 2.05) is 13.8 Å². The highest BCUT2D eigenvalue weighted by Crippen LogP contribution is 2.50. The van der Waals surface area contributed by atoms with Gasteiger partial charge in [-0.1, -0.05) is 6.07 Å². The molecule has 3 N–H and O–H groups in total. The van der Waals surface area contributed by atoms with Crippen molar-refractivity contribution in [3.05, 3.63) is 63.2 Å². The van der Waals surface area contributed by atoms with E-state index >= 15 is 0 Å². The smallest absolute Gasteiger partial charge is 0.456 e. The number of ether oxygens (including phenoxy) is 1. The molecule has 0 bridgehead atoms. The Kier molecular flexibility index (Phi) is 4.96. The van der Waals surface area contributed by atoms with Crippen molar-refractivity contribution in [1.29, 1.82) is 0 Å². The molecule has 0 heterocycles. The number of non-ortho nitro benzene ring substituents is 1. The fourth-order valence-corrected chi connectivity index (χ4v) is 2.45. The van der Waals surface area contributed by atoms with Gasteiger partial charge >= 0.3 is 13.5 Å². The SMILES string of the molecule is Cc1ccc(Oc2ccc([N+](=O)[O-])cc2C(=O)[P+](O)(O)O)cc1C. The Hall–Kier alpha value is -2.38. The predicted molar refractivity (Wildman–Crippen MR) is 87.0 cm³/mol. The van der Waals surface area contributed by atoms with Crippen LogP contribution in [0.15, 0.2) is 36.4 Å². The Morgan fingerprint density at radius 2 is 1.75 bits per heavy atom. The van der Waals surface area contributed by atoms with Crippen molar-refractivity contribution in [2.45, 2.75) is 13.8 Å². The summed E-state index contributed by atoms with van der Waals surface area (Å²) in [5, 5.41) is 10.9. The van der Waals surface area contributed by atoms with Gasteiger partial charge < -0.3 is 4.74 Å². The number of carbonyl (C=O) groups is 1. The summed E-state index contributed by atoms with van der Waals surface area (Å²) in [7, 11) is -4.87. The fraction of sp³-hybridized carbons (Fsp3) is 0.133. The molecule has 0 aliphatic carbocycles. The van der Waals surface area contributed by atoms with Crippen LogP contribution in [0.2, 0.25) is 0 Å². The topological polar surface area (TPSA) is 130 Å². The minimum absolute atomic E-state index is 0.129. The molecule has 0 radical (unpaired) electrons. The highest BCUT2D eigenvalue weighted by Gasteiger charge is 2.45. The second kappa shape index (κ2) is 6.62. The van der Waals surface area contributed by atoms with Crippen molar-refractivity contribution in [2.24, 2.45) is 0 Å². The van der Waals surface area contributed by atoms with E-state index in [0.29, 0.717) is 5.75 Å². The highest BCUT2D eigenvalue weighted by molar-refractivity contribution is 7.76. The largest absolute Gasteiger partial charge is 0.484 e. The Bertz CT molecular complexity index is 814. The maximum Gasteiger partial charge on any atom is 0.484 e. The summed E-state index contributed by atoms with van der Waals surface area (Å²) in [6.45, 7) is 3.76. The maximum atomic E-state index is 12.0. The second-order valence-corrected chi connectivity index (χ2v) is 6.70. The van der Waals surface area contributed by atoms with Gasteiger partial charge in [-0.05, 0) is 43.2 Å². The number of aryl methyl sites for hydroxylation is 2. The molecule has 0 spiro atoms. The lowest BCUT2D eigenvalue weighted by Gasteiger charge is -2.11. The summed E-state index contributed by atoms with van der Waals surface area (Å²) in [4.78, 5) is 49.6. The molecule has 0 aliphatic rings. The number of nitrogens with zero attached hydrogens (tertiary/aromatic N) is 1. The molecule has 2 rings (SSSR count). The number of nitro benzene ring substituents is 1. The third kappa shape index (κ3) is 3.93. The van der Waals surface area contributed by atoms with Crippen LogP contribution in [-0.4, -0.2) is 25.1 Å². The van der Waals surface area contributed by atoms with Crippen molar-refractivity contribution in [1.82, 2.24) is 0 Å². The van der Waals surface area contributed by atoms with Crippen LogP contribution in [0.3, 0.4) is 0 Å². The number of benzene rings is 2. The maximum absolute atomic E-state index is 12.0. The van der Waals surface area contributed by atoms with Crippen molar-refractivity contribution >= 4 is 19.2 Å². The molecule has 126 valence electrons. The van der Waals surface area contributed by atoms with E-state index in [1.165, 1.54) is 0 Å². The first-order chi connectivity index (χ1) is 11.1. The summed E-state index contributed by atoms with van der Waals surface area (Å²) in [6, 6.07) is 8.23. The summed E-state index contributed by atoms with van der Waals surface area (Å²) < 4.78 is 5.54. The highest BCUT2D eigenvalue weighted by atomic mass is 31.2. The van der Waals surface area contributed by atoms with E-state index in [1.54, 1.807) is 18.2 Å². The monoisotopic (exact) mass is 352 g/mol. The van der Waals surface area contributed by atoms with Crippen LogP contribution in [0.4, 0.5) is 5.69 Å². The Balaban J connectivity index is 2.50. The fourth-order valence-electron chi connectivity index (χ4n) is 1.95. The molecule has 2 aromatic rings. The number of carbonyl (C=O) groups excluding carboxylic acids is 1. The molecule has 8 nitrogen and oxygen atoms in total. The van der Waals surface area contributed by atoms with E-state index in [9.17, 15) is 29.6 Å². The van der Waals surface area contributed by atoms with E-state index in [4.69, 9.17) is 4.74 Å². The van der Waals surface area contributed by atoms with Crippen LogP contribution in [0.1, 0.15) is 21.5 Å². The summed E-state index contributed by atoms with van der Waals surface area (Å²) in [5.74, 6) is 0.231. The zero-order valence-corrected chi connectivity index (χ0v) is 13.7. The first-order valence-electron chi connectivity index (χ1n) is 6.75. The molecule has 0 fully saturated rings. The Morgan fingerprint density at radius 1 is 1.08 bits per heavy atom. The van der Waals surface area contributed by atoms with Crippen LogP contribution in [0.25, 0.3) is 0 Å². The number of hydrogen-bond acceptors (Lipinski definition) is 7. The van der Waals surface area contributed by atoms with Crippen molar-refractivity contribution < 1.29 is 29.1 Å². The van der Waals surface area contributed by atoms with Crippen LogP contribution in [-0.2, 0) is 0 Å². The van der Waals surface area contributed by atoms with Gasteiger partial charge in [0.25, 0.3) is 5.69 Å². The van der Waals surface area contributed by atoms with Gasteiger partial charge in [-0.3, -0.25) is 10.1 Å². The Morgan fingerprint density at radius 3 is 2.29 bits per heavy atom. The van der Waals surface area contributed by atoms with Crippen LogP contribution >= 0.6 is 7.94 Å². The first kappa shape index (κ1) is 18.0. The van der Waals surface area contributed by atoms with Gasteiger partial charge in [0.1, 0.15) is 17.1 Å². The zero-order chi connectivity index (χ0) is 18.1. The quantitative estimate of drug-likeness (QED) is 0.428. The van der Waals surface area contributed by atoms with Gasteiger partial charge in [0.05, 0.1) is 4.92 Å². The van der Waals surface area contributed by atoms with Gasteiger partial charge in [-0.25, -0.2) is 4.79 Å². The zero-order valence-electron chi connectivity index (χ0n) is 12.8. The molecule has 0 amide bonds. The van der Waals surface area contributed by atoms with Gasteiger partial charge in [-0.15, -0.1) is 0 Å². The van der Waals surface area contributed by atoms with Gasteiger partial charge in [-0.2, -0.15) is 14.7 Å². The lowest BCUT2D eigenvalue weighted by atomic mass is 10.1. The van der Waals surface area contributed by atoms with E-state index < -0.39 is 29.6 Å². The Labute approximate surface area is 137 Å². The number of nitro groups is 1. The second-order valence-electron chi connectivity index (χ2n) is 5.16. The molecule has 0 atom stereocenters. The van der Waals surface area contributed by atoms with Crippen LogP contribution in [0, 0.1) is 24.0 Å². The number of hydrogen-bond donors (Lipinski definition) is 3. The summed E-state index contributed by atoms with van der Waals surface area (Å²) in [5.41, 5.74) is -0.406. The lowest BCUT2D eigenvalue weighted by molar-refractivity contribution is -0.384. The molecular formula is C15H15NO7P+. The third-order valence-corrected chi connectivity index (χ3v) is 4.17. The van der Waals surface area contributed by atoms with E-state index in [2.05, 4.69) is 0 Å². The average Bonchev–Trinajstić information content (AvgIpc) is 2.49. The molecule has 0 saturated heterocycles. The average molecular weight is 352 g/mol. The van der Waals surface area contributed by atoms with Gasteiger partial charge in [0, 0.05) is 12.1 Å². The lowest BCUT2D eigenvalue weighted by Crippen LogP contribution is -2.08. The van der Waals surface area contributed by atoms with Crippen molar-refractivity contribution in [2.75, 3.05) is 0 Å². The van der Waals surface area contributed by atoms with Gasteiger partial charge in [0.2, 0.25) is 0 Å². The van der Waals surface area contributed by atoms with Gasteiger partial charge in [0.15, 0.2) is 0 Å². The standard InChI is InChI=1S/C15H15NO7P/c1-9-3-5-12(7-10(9)2)23-14-6-4-11(16(18)19)8-13(14)15(17)24(20,21)22/h3-8,20-22H,1-2H3/q+1. The molecular weight excluding hydrogens is 337 g/mol. The third-order valence-electron chi connectivity index (χ3n) is 3.38. The minimum atomic E-state index is -4.87. The minimum Gasteiger partial charge on any atom is -0.456 e. The molecule has 24 heavy (non-hydrogen) atoms. The molecule has 0 unspecified atom stereocenters. The normalized spacial score (nSPS) is 11.2. The molecule has 9 heteroatoms. The summed E-state index contributed by atoms with van der Waals surface area (Å²) >= 11 is 0. The molecule has 2 aromatic carbocycles. The first-order valence-corrected chi connectivity index (χ1v) is 8.40. The van der Waals surface area contributed by atoms with Crippen molar-refractivity contribution in [3.8, 4) is 11.5 Å². The van der Waals surface area contributed by atoms with Crippen LogP contribution < -0.4 is 4.74 Å².